The summed E-state index contributed by atoms with van der Waals surface area (Å²) in [5.41, 5.74) is 2.68. The Kier molecular flexibility index (Phi) is 11.1. The highest BCUT2D eigenvalue weighted by atomic mass is 16.7. The molecule has 1 aliphatic rings. The van der Waals surface area contributed by atoms with Crippen LogP contribution in [-0.2, 0) is 24.7 Å². The summed E-state index contributed by atoms with van der Waals surface area (Å²) in [6, 6.07) is 29.5. The summed E-state index contributed by atoms with van der Waals surface area (Å²) in [6.45, 7) is 5.16. The Balaban J connectivity index is 1.38. The highest BCUT2D eigenvalue weighted by Crippen LogP contribution is 2.39. The number of hydrogen-bond acceptors (Lipinski definition) is 4. The fraction of sp³-hybridized carbons (Fsp3) is 0.429. The number of hydrogen-bond donors (Lipinski definition) is 1. The van der Waals surface area contributed by atoms with E-state index in [9.17, 15) is 9.59 Å². The minimum absolute atomic E-state index is 0.0475. The maximum absolute atomic E-state index is 13.6. The summed E-state index contributed by atoms with van der Waals surface area (Å²) < 4.78 is 11.6. The van der Waals surface area contributed by atoms with Crippen LogP contribution in [-0.4, -0.2) is 43.2 Å². The number of likely N-dealkylation sites (tertiary alicyclic amines) is 1. The fourth-order valence-electron chi connectivity index (χ4n) is 6.01. The molecule has 1 saturated heterocycles. The van der Waals surface area contributed by atoms with Gasteiger partial charge in [0.1, 0.15) is 12.8 Å². The van der Waals surface area contributed by atoms with Gasteiger partial charge in [-0.2, -0.15) is 0 Å². The molecule has 0 aliphatic carbocycles. The van der Waals surface area contributed by atoms with Crippen molar-refractivity contribution in [3.05, 3.63) is 108 Å². The molecule has 0 aromatic heterocycles. The molecule has 0 spiro atoms. The molecule has 3 aromatic rings. The smallest absolute Gasteiger partial charge is 0.243 e. The number of methoxy groups -OCH3 is 1. The first-order valence-corrected chi connectivity index (χ1v) is 14.8. The van der Waals surface area contributed by atoms with E-state index in [2.05, 4.69) is 31.3 Å². The highest BCUT2D eigenvalue weighted by molar-refractivity contribution is 5.88. The largest absolute Gasteiger partial charge is 0.359 e. The molecule has 2 atom stereocenters. The molecule has 218 valence electrons. The van der Waals surface area contributed by atoms with Gasteiger partial charge < -0.3 is 19.7 Å². The first-order chi connectivity index (χ1) is 20.0. The number of nitrogens with zero attached hydrogens (tertiary/aromatic N) is 1. The van der Waals surface area contributed by atoms with Crippen LogP contribution in [0.1, 0.15) is 75.1 Å². The number of nitrogens with one attached hydrogen (secondary N) is 1. The molecule has 2 amide bonds. The van der Waals surface area contributed by atoms with Crippen LogP contribution in [0.25, 0.3) is 0 Å². The monoisotopic (exact) mass is 556 g/mol. The van der Waals surface area contributed by atoms with Crippen LogP contribution in [0.4, 0.5) is 0 Å². The molecule has 6 heteroatoms. The second kappa shape index (κ2) is 14.9. The Bertz CT molecular complexity index is 1180. The third-order valence-corrected chi connectivity index (χ3v) is 8.25. The zero-order valence-electron chi connectivity index (χ0n) is 24.6. The number of rotatable bonds is 14. The van der Waals surface area contributed by atoms with Crippen molar-refractivity contribution in [3.63, 3.8) is 0 Å². The van der Waals surface area contributed by atoms with Gasteiger partial charge >= 0.3 is 0 Å². The van der Waals surface area contributed by atoms with E-state index in [4.69, 9.17) is 9.47 Å². The summed E-state index contributed by atoms with van der Waals surface area (Å²) >= 11 is 0. The quantitative estimate of drug-likeness (QED) is 0.179. The Labute approximate surface area is 245 Å². The van der Waals surface area contributed by atoms with Crippen LogP contribution < -0.4 is 5.32 Å². The van der Waals surface area contributed by atoms with Gasteiger partial charge in [0.15, 0.2) is 0 Å². The first-order valence-electron chi connectivity index (χ1n) is 14.8. The molecule has 0 saturated carbocycles. The van der Waals surface area contributed by atoms with E-state index in [0.717, 1.165) is 42.4 Å². The van der Waals surface area contributed by atoms with Crippen molar-refractivity contribution in [2.75, 3.05) is 20.4 Å². The van der Waals surface area contributed by atoms with Gasteiger partial charge in [-0.15, -0.1) is 0 Å². The van der Waals surface area contributed by atoms with E-state index in [0.29, 0.717) is 19.4 Å². The normalized spacial score (nSPS) is 16.6. The topological polar surface area (TPSA) is 67.9 Å². The molecule has 4 rings (SSSR count). The van der Waals surface area contributed by atoms with Gasteiger partial charge in [0, 0.05) is 20.1 Å². The summed E-state index contributed by atoms with van der Waals surface area (Å²) in [4.78, 5) is 28.7. The average Bonchev–Trinajstić information content (AvgIpc) is 3.51. The average molecular weight is 557 g/mol. The van der Waals surface area contributed by atoms with Gasteiger partial charge in [0.05, 0.1) is 11.6 Å². The molecular formula is C35H44N2O4. The lowest BCUT2D eigenvalue weighted by atomic mass is 9.79. The minimum Gasteiger partial charge on any atom is -0.359 e. The van der Waals surface area contributed by atoms with Gasteiger partial charge in [-0.25, -0.2) is 0 Å². The maximum Gasteiger partial charge on any atom is 0.243 e. The zero-order valence-corrected chi connectivity index (χ0v) is 24.6. The number of carbonyl (C=O) groups is 2. The van der Waals surface area contributed by atoms with Gasteiger partial charge in [-0.1, -0.05) is 105 Å². The number of unbranched alkanes of at least 4 members (excludes halogenated alkanes) is 1. The van der Waals surface area contributed by atoms with Crippen molar-refractivity contribution in [3.8, 4) is 0 Å². The fourth-order valence-corrected chi connectivity index (χ4v) is 6.01. The van der Waals surface area contributed by atoms with Crippen LogP contribution in [0, 0.1) is 5.92 Å². The summed E-state index contributed by atoms with van der Waals surface area (Å²) in [7, 11) is 1.64. The van der Waals surface area contributed by atoms with Crippen LogP contribution in [0.2, 0.25) is 0 Å². The predicted molar refractivity (Wildman–Crippen MR) is 162 cm³/mol. The third-order valence-electron chi connectivity index (χ3n) is 8.25. The Morgan fingerprint density at radius 1 is 0.902 bits per heavy atom. The van der Waals surface area contributed by atoms with E-state index < -0.39 is 11.6 Å². The van der Waals surface area contributed by atoms with Crippen LogP contribution in [0.15, 0.2) is 91.0 Å². The molecule has 1 fully saturated rings. The van der Waals surface area contributed by atoms with Crippen LogP contribution >= 0.6 is 0 Å². The Morgan fingerprint density at radius 3 is 2.05 bits per heavy atom. The third kappa shape index (κ3) is 7.63. The summed E-state index contributed by atoms with van der Waals surface area (Å²) in [6.07, 6.45) is 4.28. The van der Waals surface area contributed by atoms with E-state index in [-0.39, 0.29) is 30.6 Å². The molecule has 1 heterocycles. The number of ether oxygens (including phenoxy) is 2. The predicted octanol–water partition coefficient (Wildman–Crippen LogP) is 6.62. The number of benzene rings is 3. The van der Waals surface area contributed by atoms with E-state index >= 15 is 0 Å². The van der Waals surface area contributed by atoms with E-state index in [1.807, 2.05) is 78.9 Å². The minimum atomic E-state index is -0.486. The van der Waals surface area contributed by atoms with Crippen molar-refractivity contribution >= 4 is 11.8 Å². The highest BCUT2D eigenvalue weighted by Gasteiger charge is 2.37. The van der Waals surface area contributed by atoms with Crippen molar-refractivity contribution < 1.29 is 19.1 Å². The molecule has 41 heavy (non-hydrogen) atoms. The second-order valence-electron chi connectivity index (χ2n) is 11.2. The molecule has 3 aromatic carbocycles. The van der Waals surface area contributed by atoms with E-state index in [1.54, 1.807) is 12.0 Å². The standard InChI is InChI=1S/C35H44N2O4/c1-27(2)35(41-26-40-3,30-20-11-6-12-21-30)24-14-13-23-32(38)37-25-15-22-31(37)34(39)36-33(28-16-7-4-8-17-28)29-18-9-5-10-19-29/h4-12,16-21,27,31,33H,13-15,22-26H2,1-3H3,(H,36,39)/t31-,35?/m0/s1. The Morgan fingerprint density at radius 2 is 1.49 bits per heavy atom. The van der Waals surface area contributed by atoms with Crippen molar-refractivity contribution in [2.24, 2.45) is 5.92 Å². The summed E-state index contributed by atoms with van der Waals surface area (Å²) in [5, 5.41) is 3.25. The van der Waals surface area contributed by atoms with Crippen molar-refractivity contribution in [1.29, 1.82) is 0 Å². The zero-order chi connectivity index (χ0) is 29.1. The maximum atomic E-state index is 13.6. The van der Waals surface area contributed by atoms with Crippen LogP contribution in [0.3, 0.4) is 0 Å². The molecule has 1 N–H and O–H groups in total. The van der Waals surface area contributed by atoms with Crippen LogP contribution in [0.5, 0.6) is 0 Å². The van der Waals surface area contributed by atoms with Crippen molar-refractivity contribution in [1.82, 2.24) is 10.2 Å². The number of amides is 2. The van der Waals surface area contributed by atoms with Gasteiger partial charge in [-0.3, -0.25) is 9.59 Å². The molecular weight excluding hydrogens is 512 g/mol. The molecule has 1 aliphatic heterocycles. The molecule has 6 nitrogen and oxygen atoms in total. The van der Waals surface area contributed by atoms with Gasteiger partial charge in [0.2, 0.25) is 11.8 Å². The molecule has 1 unspecified atom stereocenters. The van der Waals surface area contributed by atoms with Crippen molar-refractivity contribution in [2.45, 2.75) is 70.1 Å². The van der Waals surface area contributed by atoms with Gasteiger partial charge in [-0.05, 0) is 54.7 Å². The molecule has 0 bridgehead atoms. The SMILES string of the molecule is COCOC(CCCCC(=O)N1CCC[C@H]1C(=O)NC(c1ccccc1)c1ccccc1)(c1ccccc1)C(C)C. The molecule has 0 radical (unpaired) electrons. The number of carbonyl (C=O) groups excluding carboxylic acids is 2. The summed E-state index contributed by atoms with van der Waals surface area (Å²) in [5.74, 6) is 0.181. The lowest BCUT2D eigenvalue weighted by Crippen LogP contribution is -2.47. The lowest BCUT2D eigenvalue weighted by molar-refractivity contribution is -0.162. The second-order valence-corrected chi connectivity index (χ2v) is 11.2. The van der Waals surface area contributed by atoms with Gasteiger partial charge in [0.25, 0.3) is 0 Å². The van der Waals surface area contributed by atoms with E-state index in [1.165, 1.54) is 0 Å². The lowest BCUT2D eigenvalue weighted by Gasteiger charge is -2.38. The Hall–Kier alpha value is -3.48. The first kappa shape index (κ1) is 30.5.